The van der Waals surface area contributed by atoms with Crippen LogP contribution in [0.5, 0.6) is 5.75 Å². The lowest BCUT2D eigenvalue weighted by Crippen LogP contribution is -2.66. The monoisotopic (exact) mass is 641 g/mol. The number of aliphatic hydroxyl groups is 1. The molecule has 3 aromatic rings. The predicted octanol–water partition coefficient (Wildman–Crippen LogP) is 4.96. The van der Waals surface area contributed by atoms with Crippen molar-refractivity contribution in [1.82, 2.24) is 4.57 Å². The molecule has 1 N–H and O–H groups in total. The van der Waals surface area contributed by atoms with Crippen molar-refractivity contribution in [3.63, 3.8) is 0 Å². The van der Waals surface area contributed by atoms with Crippen molar-refractivity contribution in [2.75, 3.05) is 13.7 Å². The Morgan fingerprint density at radius 3 is 2.15 bits per heavy atom. The lowest BCUT2D eigenvalue weighted by Gasteiger charge is -2.46. The zero-order valence-electron chi connectivity index (χ0n) is 24.6. The van der Waals surface area contributed by atoms with E-state index in [2.05, 4.69) is 85.2 Å². The molecule has 0 fully saturated rings. The molecule has 7 nitrogen and oxygen atoms in total. The fourth-order valence-electron chi connectivity index (χ4n) is 6.21. The smallest absolute Gasteiger partial charge is 0.303 e. The number of fused-ring (bicyclic) bond motifs is 1. The van der Waals surface area contributed by atoms with Crippen molar-refractivity contribution in [3.05, 3.63) is 87.3 Å². The summed E-state index contributed by atoms with van der Waals surface area (Å²) in [6.45, 7) is 10.6. The molecule has 2 aromatic carbocycles. The minimum atomic E-state index is -2.73. The van der Waals surface area contributed by atoms with Gasteiger partial charge in [0.15, 0.2) is 11.9 Å². The molecular weight excluding hydrogens is 602 g/mol. The Balaban J connectivity index is 1.68. The molecule has 1 aromatic heterocycles. The van der Waals surface area contributed by atoms with Crippen LogP contribution in [-0.4, -0.2) is 43.8 Å². The summed E-state index contributed by atoms with van der Waals surface area (Å²) in [5.41, 5.74) is -0.755. The van der Waals surface area contributed by atoms with Crippen LogP contribution < -0.4 is 20.5 Å². The summed E-state index contributed by atoms with van der Waals surface area (Å²) in [6, 6.07) is 20.9. The summed E-state index contributed by atoms with van der Waals surface area (Å²) in [6.07, 6.45) is 1.00. The number of rotatable bonds is 9. The highest BCUT2D eigenvalue weighted by atomic mass is 79.9. The van der Waals surface area contributed by atoms with Crippen LogP contribution in [-0.2, 0) is 20.5 Å². The number of aliphatic hydroxyl groups excluding tert-OH is 1. The van der Waals surface area contributed by atoms with Gasteiger partial charge in [-0.1, -0.05) is 88.4 Å². The van der Waals surface area contributed by atoms with Gasteiger partial charge in [0.1, 0.15) is 5.69 Å². The summed E-state index contributed by atoms with van der Waals surface area (Å²) in [7, 11) is -1.30. The second kappa shape index (κ2) is 12.3. The molecule has 0 aliphatic carbocycles. The molecule has 4 rings (SSSR count). The predicted molar refractivity (Wildman–Crippen MR) is 166 cm³/mol. The molecule has 3 atom stereocenters. The van der Waals surface area contributed by atoms with Crippen molar-refractivity contribution >= 4 is 40.6 Å². The highest BCUT2D eigenvalue weighted by Crippen LogP contribution is 2.49. The first kappa shape index (κ1) is 31.2. The average molecular weight is 643 g/mol. The van der Waals surface area contributed by atoms with Gasteiger partial charge in [0.2, 0.25) is 5.43 Å². The number of hydrogen-bond acceptors (Lipinski definition) is 6. The number of esters is 1. The summed E-state index contributed by atoms with van der Waals surface area (Å²) in [4.78, 5) is 25.2. The fraction of sp³-hybridized carbons (Fsp3) is 0.438. The van der Waals surface area contributed by atoms with Gasteiger partial charge < -0.3 is 23.6 Å². The van der Waals surface area contributed by atoms with Crippen LogP contribution >= 0.6 is 15.9 Å². The molecule has 41 heavy (non-hydrogen) atoms. The van der Waals surface area contributed by atoms with Gasteiger partial charge in [-0.15, -0.1) is 0 Å². The van der Waals surface area contributed by atoms with Crippen molar-refractivity contribution in [2.45, 2.75) is 71.3 Å². The molecule has 220 valence electrons. The van der Waals surface area contributed by atoms with Crippen LogP contribution in [0.15, 0.2) is 76.1 Å². The Morgan fingerprint density at radius 2 is 1.66 bits per heavy atom. The molecule has 0 amide bonds. The third-order valence-electron chi connectivity index (χ3n) is 8.30. The highest BCUT2D eigenvalue weighted by molar-refractivity contribution is 9.10. The standard InChI is InChI=1S/C32H40BrNO6Si/c1-22(35)40-30-27-29(38-6)28(37)25(33)20-34(27)21-26(36)32(30,5)18-13-19-39-41(31(2,3)4,23-14-9-7-10-15-23)24-16-11-8-12-17-24/h7-12,14-17,20,26,30,36H,13,18-19,21H2,1-6H3. The number of aromatic nitrogens is 1. The summed E-state index contributed by atoms with van der Waals surface area (Å²) >= 11 is 3.29. The SMILES string of the molecule is COc1c2n(cc(Br)c1=O)CC(O)C(C)(CCCO[Si](c1ccccc1)(c1ccccc1)C(C)(C)C)C2OC(C)=O. The van der Waals surface area contributed by atoms with E-state index in [0.717, 1.165) is 0 Å². The number of pyridine rings is 1. The van der Waals surface area contributed by atoms with Gasteiger partial charge in [-0.2, -0.15) is 0 Å². The van der Waals surface area contributed by atoms with E-state index in [-0.39, 0.29) is 22.8 Å². The Labute approximate surface area is 251 Å². The number of hydrogen-bond donors (Lipinski definition) is 1. The van der Waals surface area contributed by atoms with Gasteiger partial charge in [0, 0.05) is 31.7 Å². The number of benzene rings is 2. The Kier molecular flexibility index (Phi) is 9.33. The molecule has 2 heterocycles. The van der Waals surface area contributed by atoms with E-state index in [0.29, 0.717) is 29.6 Å². The normalized spacial score (nSPS) is 20.8. The van der Waals surface area contributed by atoms with E-state index >= 15 is 0 Å². The summed E-state index contributed by atoms with van der Waals surface area (Å²) in [5.74, 6) is -0.393. The molecular formula is C32H40BrNO6Si. The molecule has 0 spiro atoms. The van der Waals surface area contributed by atoms with E-state index in [1.54, 1.807) is 10.8 Å². The van der Waals surface area contributed by atoms with Gasteiger partial charge in [0.05, 0.1) is 17.7 Å². The van der Waals surface area contributed by atoms with E-state index in [4.69, 9.17) is 13.9 Å². The number of carbonyl (C=O) groups is 1. The third kappa shape index (κ3) is 5.82. The fourth-order valence-corrected chi connectivity index (χ4v) is 11.2. The maximum absolute atomic E-state index is 12.9. The average Bonchev–Trinajstić information content (AvgIpc) is 2.93. The molecule has 1 aliphatic rings. The third-order valence-corrected chi connectivity index (χ3v) is 13.9. The maximum atomic E-state index is 12.9. The van der Waals surface area contributed by atoms with Gasteiger partial charge in [-0.3, -0.25) is 9.59 Å². The molecule has 0 radical (unpaired) electrons. The second-order valence-electron chi connectivity index (χ2n) is 12.0. The van der Waals surface area contributed by atoms with Crippen LogP contribution in [0.2, 0.25) is 5.04 Å². The lowest BCUT2D eigenvalue weighted by atomic mass is 9.71. The number of methoxy groups -OCH3 is 1. The van der Waals surface area contributed by atoms with Crippen molar-refractivity contribution < 1.29 is 23.8 Å². The quantitative estimate of drug-likeness (QED) is 0.202. The lowest BCUT2D eigenvalue weighted by molar-refractivity contribution is -0.167. The van der Waals surface area contributed by atoms with Crippen molar-refractivity contribution in [3.8, 4) is 5.75 Å². The highest BCUT2D eigenvalue weighted by Gasteiger charge is 2.52. The molecule has 3 unspecified atom stereocenters. The van der Waals surface area contributed by atoms with Crippen LogP contribution in [0.4, 0.5) is 0 Å². The number of carbonyl (C=O) groups excluding carboxylic acids is 1. The number of ether oxygens (including phenoxy) is 2. The Morgan fingerprint density at radius 1 is 1.10 bits per heavy atom. The van der Waals surface area contributed by atoms with Crippen molar-refractivity contribution in [1.29, 1.82) is 0 Å². The topological polar surface area (TPSA) is 87.0 Å². The number of nitrogens with zero attached hydrogens (tertiary/aromatic N) is 1. The molecule has 0 saturated carbocycles. The van der Waals surface area contributed by atoms with Crippen LogP contribution in [0, 0.1) is 5.41 Å². The minimum Gasteiger partial charge on any atom is -0.491 e. The first-order chi connectivity index (χ1) is 19.4. The first-order valence-electron chi connectivity index (χ1n) is 13.9. The Bertz CT molecular complexity index is 1380. The summed E-state index contributed by atoms with van der Waals surface area (Å²) in [5, 5.41) is 13.7. The van der Waals surface area contributed by atoms with E-state index in [1.807, 2.05) is 19.1 Å². The minimum absolute atomic E-state index is 0.104. The van der Waals surface area contributed by atoms with Gasteiger partial charge in [-0.25, -0.2) is 0 Å². The molecule has 1 aliphatic heterocycles. The zero-order chi connectivity index (χ0) is 30.0. The van der Waals surface area contributed by atoms with E-state index < -0.39 is 31.9 Å². The zero-order valence-corrected chi connectivity index (χ0v) is 27.2. The Hall–Kier alpha value is -2.72. The van der Waals surface area contributed by atoms with Crippen molar-refractivity contribution in [2.24, 2.45) is 5.41 Å². The van der Waals surface area contributed by atoms with E-state index in [1.165, 1.54) is 24.4 Å². The largest absolute Gasteiger partial charge is 0.491 e. The van der Waals surface area contributed by atoms with Gasteiger partial charge >= 0.3 is 5.97 Å². The second-order valence-corrected chi connectivity index (χ2v) is 17.2. The van der Waals surface area contributed by atoms with Gasteiger partial charge in [0.25, 0.3) is 8.32 Å². The van der Waals surface area contributed by atoms with Crippen LogP contribution in [0.25, 0.3) is 0 Å². The van der Waals surface area contributed by atoms with Crippen LogP contribution in [0.1, 0.15) is 59.3 Å². The van der Waals surface area contributed by atoms with Crippen LogP contribution in [0.3, 0.4) is 0 Å². The molecule has 0 bridgehead atoms. The van der Waals surface area contributed by atoms with Gasteiger partial charge in [-0.05, 0) is 44.2 Å². The first-order valence-corrected chi connectivity index (χ1v) is 16.6. The van der Waals surface area contributed by atoms with E-state index in [9.17, 15) is 14.7 Å². The number of halogens is 1. The summed E-state index contributed by atoms with van der Waals surface area (Å²) < 4.78 is 20.5. The molecule has 9 heteroatoms. The maximum Gasteiger partial charge on any atom is 0.303 e. The molecule has 0 saturated heterocycles.